The van der Waals surface area contributed by atoms with E-state index in [9.17, 15) is 0 Å². The second-order valence-corrected chi connectivity index (χ2v) is 0. The van der Waals surface area contributed by atoms with Crippen LogP contribution in [0, 0.1) is 80.4 Å². The fourth-order valence-corrected chi connectivity index (χ4v) is 0. The summed E-state index contributed by atoms with van der Waals surface area (Å²) in [5.41, 5.74) is 0. The molecule has 0 rings (SSSR count). The van der Waals surface area contributed by atoms with Crippen molar-refractivity contribution in [2.45, 2.75) is 0 Å². The van der Waals surface area contributed by atoms with Gasteiger partial charge in [0, 0.05) is 0 Å². The second kappa shape index (κ2) is 31.1. The molecule has 0 aromatic carbocycles. The number of hydrogen-bond acceptors (Lipinski definition) is 0. The van der Waals surface area contributed by atoms with Crippen LogP contribution in [-0.4, -0.2) is 0 Å². The zero-order chi connectivity index (χ0) is 0. The fourth-order valence-electron chi connectivity index (χ4n) is 0. The summed E-state index contributed by atoms with van der Waals surface area (Å²) in [4.78, 5) is 0. The molecule has 0 aromatic rings. The van der Waals surface area contributed by atoms with Gasteiger partial charge in [-0.25, -0.2) is 0 Å². The third-order valence-corrected chi connectivity index (χ3v) is 0. The molecule has 3 nitrogen and oxygen atoms in total. The number of hydrogen-bond donors (Lipinski definition) is 0. The van der Waals surface area contributed by atoms with E-state index >= 15 is 0 Å². The summed E-state index contributed by atoms with van der Waals surface area (Å²) < 4.78 is 0. The van der Waals surface area contributed by atoms with Gasteiger partial charge in [0.1, 0.15) is 0 Å². The molecule has 5 heteroatoms. The van der Waals surface area contributed by atoms with Gasteiger partial charge >= 0.3 is 80.4 Å². The fraction of sp³-hybridized carbons (Fsp3) is 0. The first-order valence-electron chi connectivity index (χ1n) is 0. The molecule has 0 N–H and O–H groups in total. The monoisotopic (exact) mass is 347 g/mol. The van der Waals surface area contributed by atoms with E-state index in [2.05, 4.69) is 0 Å². The van der Waals surface area contributed by atoms with Crippen molar-refractivity contribution in [2.75, 3.05) is 0 Å². The van der Waals surface area contributed by atoms with Gasteiger partial charge in [-0.15, -0.1) is 0 Å². The third-order valence-electron chi connectivity index (χ3n) is 0. The van der Waals surface area contributed by atoms with Gasteiger partial charge < -0.3 is 16.4 Å². The number of rotatable bonds is 0. The first kappa shape index (κ1) is 49.9. The van der Waals surface area contributed by atoms with Crippen molar-refractivity contribution < 1.29 is 96.8 Å². The molecule has 0 amide bonds. The van der Waals surface area contributed by atoms with Gasteiger partial charge in [-0.1, -0.05) is 0 Å². The summed E-state index contributed by atoms with van der Waals surface area (Å²) in [7, 11) is 0. The Morgan fingerprint density at radius 2 is 0.600 bits per heavy atom. The van der Waals surface area contributed by atoms with Gasteiger partial charge in [-0.2, -0.15) is 0 Å². The maximum absolute atomic E-state index is 0. The predicted molar refractivity (Wildman–Crippen MR) is 2.06 cm³/mol. The largest absolute Gasteiger partial charge is 3.00 e. The average molecular weight is 347 g/mol. The van der Waals surface area contributed by atoms with E-state index in [1.54, 1.807) is 0 Å². The van der Waals surface area contributed by atoms with Crippen LogP contribution in [-0.2, 0) is 16.4 Å². The smallest absolute Gasteiger partial charge is 2.00 e. The maximum Gasteiger partial charge on any atom is 3.00 e. The Labute approximate surface area is 94.6 Å². The van der Waals surface area contributed by atoms with Crippen molar-refractivity contribution in [3.05, 3.63) is 0 Å². The molecule has 0 saturated carbocycles. The van der Waals surface area contributed by atoms with Crippen LogP contribution in [0.5, 0.6) is 0 Å². The molecule has 0 heterocycles. The van der Waals surface area contributed by atoms with Crippen molar-refractivity contribution in [3.63, 3.8) is 0 Å². The first-order chi connectivity index (χ1) is 0. The summed E-state index contributed by atoms with van der Waals surface area (Å²) in [5, 5.41) is 0. The molecule has 0 aliphatic heterocycles. The molecule has 0 spiro atoms. The van der Waals surface area contributed by atoms with E-state index in [1.807, 2.05) is 0 Å². The molecule has 0 aliphatic carbocycles. The molecule has 0 bridgehead atoms. The van der Waals surface area contributed by atoms with Crippen LogP contribution < -0.4 is 0 Å². The average Bonchev–Trinajstić information content (AvgIpc) is 0. The van der Waals surface area contributed by atoms with E-state index in [-0.39, 0.29) is 96.8 Å². The van der Waals surface area contributed by atoms with E-state index < -0.39 is 0 Å². The minimum atomic E-state index is 0. The van der Waals surface area contributed by atoms with Gasteiger partial charge in [0.25, 0.3) is 0 Å². The molecular weight excluding hydrogens is 347 g/mol. The van der Waals surface area contributed by atoms with E-state index in [0.717, 1.165) is 0 Å². The van der Waals surface area contributed by atoms with Crippen molar-refractivity contribution in [2.24, 2.45) is 0 Å². The Balaban J connectivity index is 0. The third kappa shape index (κ3) is 20.9. The molecule has 5 heavy (non-hydrogen) atoms. The quantitative estimate of drug-likeness (QED) is 0.574. The van der Waals surface area contributed by atoms with Crippen LogP contribution in [0.15, 0.2) is 0 Å². The van der Waals surface area contributed by atoms with E-state index in [0.29, 0.717) is 0 Å². The van der Waals surface area contributed by atoms with Gasteiger partial charge in [0.05, 0.1) is 0 Å². The first-order valence-corrected chi connectivity index (χ1v) is 0. The second-order valence-electron chi connectivity index (χ2n) is 0. The van der Waals surface area contributed by atoms with Crippen molar-refractivity contribution in [1.82, 2.24) is 0 Å². The molecule has 0 unspecified atom stereocenters. The molecule has 31 valence electrons. The molecule has 0 aliphatic rings. The molecule has 0 aromatic heterocycles. The summed E-state index contributed by atoms with van der Waals surface area (Å²) in [6.07, 6.45) is 0. The molecule has 0 atom stereocenters. The zero-order valence-corrected chi connectivity index (χ0v) is 7.34. The van der Waals surface area contributed by atoms with Crippen LogP contribution in [0.1, 0.15) is 0 Å². The Kier molecular flexibility index (Phi) is 311. The van der Waals surface area contributed by atoms with Crippen LogP contribution >= 0.6 is 0 Å². The Morgan fingerprint density at radius 3 is 0.600 bits per heavy atom. The Bertz CT molecular complexity index is 6.85. The topological polar surface area (TPSA) is 85.5 Å². The standard InChI is InChI=1S/Ce.3O.Tb/q+3;3*-2;+3. The van der Waals surface area contributed by atoms with Crippen LogP contribution in [0.2, 0.25) is 0 Å². The SMILES string of the molecule is [Ce+3].[O-2].[O-2].[O-2].[Tb+3]. The van der Waals surface area contributed by atoms with Crippen molar-refractivity contribution >= 4 is 0 Å². The van der Waals surface area contributed by atoms with E-state index in [4.69, 9.17) is 0 Å². The van der Waals surface area contributed by atoms with Gasteiger partial charge in [0.2, 0.25) is 0 Å². The van der Waals surface area contributed by atoms with Crippen molar-refractivity contribution in [1.29, 1.82) is 0 Å². The van der Waals surface area contributed by atoms with E-state index in [1.165, 1.54) is 0 Å². The molecular formula is CeO3Tb. The Morgan fingerprint density at radius 1 is 0.600 bits per heavy atom. The van der Waals surface area contributed by atoms with Crippen LogP contribution in [0.25, 0.3) is 0 Å². The maximum atomic E-state index is 0. The Hall–Kier alpha value is 2.54. The molecule has 1 radical (unpaired) electrons. The minimum Gasteiger partial charge on any atom is -2.00 e. The predicted octanol–water partition coefficient (Wildman–Crippen LogP) is -0.356. The normalized spacial score (nSPS) is 0. The summed E-state index contributed by atoms with van der Waals surface area (Å²) in [5.74, 6) is 0. The minimum absolute atomic E-state index is 0. The summed E-state index contributed by atoms with van der Waals surface area (Å²) >= 11 is 0. The summed E-state index contributed by atoms with van der Waals surface area (Å²) in [6.45, 7) is 0. The summed E-state index contributed by atoms with van der Waals surface area (Å²) in [6, 6.07) is 0. The van der Waals surface area contributed by atoms with Gasteiger partial charge in [-0.3, -0.25) is 0 Å². The van der Waals surface area contributed by atoms with Crippen LogP contribution in [0.3, 0.4) is 0 Å². The van der Waals surface area contributed by atoms with Crippen molar-refractivity contribution in [3.8, 4) is 0 Å². The molecule has 0 fully saturated rings. The van der Waals surface area contributed by atoms with Crippen LogP contribution in [0.4, 0.5) is 0 Å². The van der Waals surface area contributed by atoms with Gasteiger partial charge in [0.15, 0.2) is 0 Å². The van der Waals surface area contributed by atoms with Gasteiger partial charge in [-0.05, 0) is 0 Å². The molecule has 0 saturated heterocycles. The zero-order valence-electron chi connectivity index (χ0n) is 2.06.